The van der Waals surface area contributed by atoms with Crippen LogP contribution in [0.15, 0.2) is 10.5 Å². The molecule has 2 heteroatoms. The normalized spacial score (nSPS) is 9.55. The predicted molar refractivity (Wildman–Crippen MR) is 43.4 cm³/mol. The first kappa shape index (κ1) is 7.87. The van der Waals surface area contributed by atoms with Crippen LogP contribution in [-0.2, 0) is 6.42 Å². The van der Waals surface area contributed by atoms with E-state index in [4.69, 9.17) is 11.0 Å². The molecule has 0 saturated heterocycles. The zero-order chi connectivity index (χ0) is 8.27. The van der Waals surface area contributed by atoms with Crippen LogP contribution in [0.3, 0.4) is 0 Å². The molecule has 0 aliphatic heterocycles. The first-order valence-electron chi connectivity index (χ1n) is 3.63. The molecule has 0 spiro atoms. The van der Waals surface area contributed by atoms with Crippen molar-refractivity contribution in [1.82, 2.24) is 0 Å². The summed E-state index contributed by atoms with van der Waals surface area (Å²) in [5.41, 5.74) is 1.17. The van der Waals surface area contributed by atoms with Crippen molar-refractivity contribution in [3.05, 3.63) is 34.6 Å². The van der Waals surface area contributed by atoms with Crippen LogP contribution < -0.4 is 0 Å². The van der Waals surface area contributed by atoms with Crippen LogP contribution in [0.25, 0.3) is 4.85 Å². The second-order valence-electron chi connectivity index (χ2n) is 2.57. The Kier molecular flexibility index (Phi) is 2.32. The van der Waals surface area contributed by atoms with Gasteiger partial charge in [-0.3, -0.25) is 0 Å². The van der Waals surface area contributed by atoms with Gasteiger partial charge in [-0.1, -0.05) is 0 Å². The van der Waals surface area contributed by atoms with Crippen LogP contribution in [0.5, 0.6) is 0 Å². The van der Waals surface area contributed by atoms with Crippen molar-refractivity contribution < 1.29 is 4.42 Å². The lowest BCUT2D eigenvalue weighted by Crippen LogP contribution is -1.86. The summed E-state index contributed by atoms with van der Waals surface area (Å²) in [5.74, 6) is 1.88. The molecule has 0 atom stereocenters. The lowest BCUT2D eigenvalue weighted by molar-refractivity contribution is 0.501. The van der Waals surface area contributed by atoms with Crippen LogP contribution in [0.2, 0.25) is 0 Å². The largest absolute Gasteiger partial charge is 0.466 e. The Morgan fingerprint density at radius 3 is 2.73 bits per heavy atom. The van der Waals surface area contributed by atoms with Crippen LogP contribution in [0.4, 0.5) is 0 Å². The maximum Gasteiger partial charge on any atom is 0.218 e. The SMILES string of the molecule is [C-]#[N+]CCc1cc(C)oc1C. The Labute approximate surface area is 66.7 Å². The van der Waals surface area contributed by atoms with E-state index in [1.54, 1.807) is 0 Å². The average Bonchev–Trinajstić information content (AvgIpc) is 2.26. The van der Waals surface area contributed by atoms with Crippen molar-refractivity contribution in [2.24, 2.45) is 0 Å². The third kappa shape index (κ3) is 1.84. The average molecular weight is 149 g/mol. The minimum absolute atomic E-state index is 0.555. The zero-order valence-corrected chi connectivity index (χ0v) is 6.85. The molecule has 0 radical (unpaired) electrons. The van der Waals surface area contributed by atoms with Crippen LogP contribution >= 0.6 is 0 Å². The quantitative estimate of drug-likeness (QED) is 0.590. The van der Waals surface area contributed by atoms with Gasteiger partial charge in [-0.2, -0.15) is 0 Å². The first-order chi connectivity index (χ1) is 5.24. The Balaban J connectivity index is 2.71. The maximum absolute atomic E-state index is 6.62. The molecule has 1 rings (SSSR count). The molecule has 0 N–H and O–H groups in total. The van der Waals surface area contributed by atoms with Crippen molar-refractivity contribution in [2.45, 2.75) is 20.3 Å². The molecule has 1 aromatic rings. The summed E-state index contributed by atoms with van der Waals surface area (Å²) < 4.78 is 5.31. The van der Waals surface area contributed by atoms with Gasteiger partial charge in [-0.25, -0.2) is 6.57 Å². The van der Waals surface area contributed by atoms with Crippen molar-refractivity contribution in [2.75, 3.05) is 6.54 Å². The fourth-order valence-electron chi connectivity index (χ4n) is 1.11. The topological polar surface area (TPSA) is 17.5 Å². The van der Waals surface area contributed by atoms with Gasteiger partial charge in [-0.15, -0.1) is 0 Å². The minimum atomic E-state index is 0.555. The van der Waals surface area contributed by atoms with Gasteiger partial charge in [0.25, 0.3) is 0 Å². The highest BCUT2D eigenvalue weighted by atomic mass is 16.3. The fourth-order valence-corrected chi connectivity index (χ4v) is 1.11. The van der Waals surface area contributed by atoms with E-state index in [0.29, 0.717) is 6.54 Å². The van der Waals surface area contributed by atoms with Gasteiger partial charge in [0.1, 0.15) is 11.5 Å². The van der Waals surface area contributed by atoms with Gasteiger partial charge in [-0.05, 0) is 19.9 Å². The van der Waals surface area contributed by atoms with Crippen molar-refractivity contribution in [1.29, 1.82) is 0 Å². The van der Waals surface area contributed by atoms with Gasteiger partial charge < -0.3 is 9.26 Å². The second-order valence-corrected chi connectivity index (χ2v) is 2.57. The molecule has 0 aliphatic carbocycles. The summed E-state index contributed by atoms with van der Waals surface area (Å²) in [6.07, 6.45) is 0.812. The van der Waals surface area contributed by atoms with Crippen LogP contribution in [0, 0.1) is 20.4 Å². The van der Waals surface area contributed by atoms with Gasteiger partial charge >= 0.3 is 0 Å². The van der Waals surface area contributed by atoms with E-state index in [-0.39, 0.29) is 0 Å². The highest BCUT2D eigenvalue weighted by Gasteiger charge is 2.04. The highest BCUT2D eigenvalue weighted by Crippen LogP contribution is 2.13. The summed E-state index contributed by atoms with van der Waals surface area (Å²) in [6, 6.07) is 2.00. The van der Waals surface area contributed by atoms with E-state index < -0.39 is 0 Å². The first-order valence-corrected chi connectivity index (χ1v) is 3.63. The smallest absolute Gasteiger partial charge is 0.218 e. The molecule has 0 aliphatic rings. The maximum atomic E-state index is 6.62. The molecule has 58 valence electrons. The van der Waals surface area contributed by atoms with Gasteiger partial charge in [0.05, 0.1) is 0 Å². The number of furan rings is 1. The third-order valence-corrected chi connectivity index (χ3v) is 1.64. The zero-order valence-electron chi connectivity index (χ0n) is 6.85. The molecule has 11 heavy (non-hydrogen) atoms. The summed E-state index contributed by atoms with van der Waals surface area (Å²) >= 11 is 0. The molecule has 0 fully saturated rings. The van der Waals surface area contributed by atoms with Gasteiger partial charge in [0.2, 0.25) is 6.54 Å². The summed E-state index contributed by atoms with van der Waals surface area (Å²) in [4.78, 5) is 3.29. The van der Waals surface area contributed by atoms with E-state index in [0.717, 1.165) is 17.9 Å². The lowest BCUT2D eigenvalue weighted by Gasteiger charge is -1.88. The third-order valence-electron chi connectivity index (χ3n) is 1.64. The second kappa shape index (κ2) is 3.25. The van der Waals surface area contributed by atoms with Crippen LogP contribution in [0.1, 0.15) is 17.1 Å². The monoisotopic (exact) mass is 149 g/mol. The highest BCUT2D eigenvalue weighted by molar-refractivity contribution is 5.20. The van der Waals surface area contributed by atoms with E-state index in [1.807, 2.05) is 19.9 Å². The Morgan fingerprint density at radius 1 is 1.55 bits per heavy atom. The molecule has 0 bridgehead atoms. The Morgan fingerprint density at radius 2 is 2.27 bits per heavy atom. The molecule has 1 aromatic heterocycles. The summed E-state index contributed by atoms with van der Waals surface area (Å²) in [7, 11) is 0. The van der Waals surface area contributed by atoms with Crippen molar-refractivity contribution in [3.8, 4) is 0 Å². The molecule has 0 amide bonds. The number of hydrogen-bond donors (Lipinski definition) is 0. The lowest BCUT2D eigenvalue weighted by atomic mass is 10.2. The molecule has 0 unspecified atom stereocenters. The molecule has 1 heterocycles. The van der Waals surface area contributed by atoms with Gasteiger partial charge in [0.15, 0.2) is 0 Å². The number of rotatable bonds is 2. The standard InChI is InChI=1S/C9H11NO/c1-7-6-9(4-5-10-3)8(2)11-7/h6H,4-5H2,1-2H3. The molecule has 0 aromatic carbocycles. The van der Waals surface area contributed by atoms with Gasteiger partial charge in [0, 0.05) is 12.0 Å². The van der Waals surface area contributed by atoms with E-state index in [9.17, 15) is 0 Å². The fraction of sp³-hybridized carbons (Fsp3) is 0.444. The van der Waals surface area contributed by atoms with Crippen molar-refractivity contribution in [3.63, 3.8) is 0 Å². The predicted octanol–water partition coefficient (Wildman–Crippen LogP) is 2.36. The molecule has 0 saturated carbocycles. The summed E-state index contributed by atoms with van der Waals surface area (Å²) in [5, 5.41) is 0. The molecular weight excluding hydrogens is 138 g/mol. The van der Waals surface area contributed by atoms with Crippen molar-refractivity contribution >= 4 is 0 Å². The van der Waals surface area contributed by atoms with E-state index in [1.165, 1.54) is 5.56 Å². The Hall–Kier alpha value is -1.23. The molecular formula is C9H11NO. The Bertz CT molecular complexity index is 280. The number of aryl methyl sites for hydroxylation is 2. The number of nitrogens with zero attached hydrogens (tertiary/aromatic N) is 1. The number of hydrogen-bond acceptors (Lipinski definition) is 1. The van der Waals surface area contributed by atoms with E-state index >= 15 is 0 Å². The molecule has 2 nitrogen and oxygen atoms in total. The van der Waals surface area contributed by atoms with E-state index in [2.05, 4.69) is 4.85 Å². The van der Waals surface area contributed by atoms with Crippen LogP contribution in [-0.4, -0.2) is 6.54 Å². The minimum Gasteiger partial charge on any atom is -0.466 e. The summed E-state index contributed by atoms with van der Waals surface area (Å²) in [6.45, 7) is 11.0.